The molecule has 0 radical (unpaired) electrons. The quantitative estimate of drug-likeness (QED) is 0.0495. The highest BCUT2D eigenvalue weighted by molar-refractivity contribution is 7.46. The van der Waals surface area contributed by atoms with Gasteiger partial charge in [0.25, 0.3) is 7.82 Å². The molecular weight excluding hydrogens is 1290 g/mol. The number of phosphoric acid groups is 2. The number of aliphatic hydroxyl groups is 1. The second-order valence-corrected chi connectivity index (χ2v) is 29.8. The van der Waals surface area contributed by atoms with Crippen molar-refractivity contribution in [2.24, 2.45) is 11.8 Å². The Morgan fingerprint density at radius 3 is 1.15 bits per heavy atom. The summed E-state index contributed by atoms with van der Waals surface area (Å²) in [5, 5.41) is 24.8. The van der Waals surface area contributed by atoms with E-state index in [1.54, 1.807) is 36.4 Å². The minimum atomic E-state index is -4.62. The molecule has 2 aromatic carbocycles. The molecule has 22 nitrogen and oxygen atoms in total. The first-order valence-corrected chi connectivity index (χ1v) is 38.8. The van der Waals surface area contributed by atoms with E-state index in [4.69, 9.17) is 61.1 Å². The molecule has 6 rings (SSSR count). The largest absolute Gasteiger partial charge is 0.756 e. The van der Waals surface area contributed by atoms with Gasteiger partial charge in [0.2, 0.25) is 0 Å². The van der Waals surface area contributed by atoms with E-state index in [-0.39, 0.29) is 153 Å². The van der Waals surface area contributed by atoms with Crippen LogP contribution in [0.5, 0.6) is 11.5 Å². The molecule has 0 aliphatic carbocycles. The molecule has 4 aliphatic heterocycles. The predicted octanol–water partition coefficient (Wildman–Crippen LogP) is 13.0. The van der Waals surface area contributed by atoms with Gasteiger partial charge in [-0.1, -0.05) is 128 Å². The van der Waals surface area contributed by atoms with E-state index in [1.165, 1.54) is 6.42 Å². The summed E-state index contributed by atoms with van der Waals surface area (Å²) in [5.41, 5.74) is 1.96. The molecule has 4 aliphatic rings. The molecule has 16 atom stereocenters. The van der Waals surface area contributed by atoms with Gasteiger partial charge in [-0.3, -0.25) is 18.7 Å². The summed E-state index contributed by atoms with van der Waals surface area (Å²) in [5.74, 6) is 0.731. The van der Waals surface area contributed by atoms with Crippen molar-refractivity contribution in [3.05, 3.63) is 59.7 Å². The number of rotatable bonds is 32. The summed E-state index contributed by atoms with van der Waals surface area (Å²) in [7, 11) is -9.12. The molecule has 4 fully saturated rings. The highest BCUT2D eigenvalue weighted by atomic mass is 31.2. The van der Waals surface area contributed by atoms with Gasteiger partial charge in [-0.25, -0.2) is 0 Å². The zero-order valence-electron chi connectivity index (χ0n) is 64.2. The lowest BCUT2D eigenvalue weighted by atomic mass is 9.95. The Bertz CT molecular complexity index is 2450. The number of nitrogens with one attached hydrogen (secondary N) is 2. The van der Waals surface area contributed by atoms with Crippen LogP contribution in [0.2, 0.25) is 0 Å². The van der Waals surface area contributed by atoms with Crippen molar-refractivity contribution in [3.63, 3.8) is 0 Å². The number of phenols is 1. The monoisotopic (exact) mass is 1420 g/mol. The maximum atomic E-state index is 12.5. The molecule has 6 unspecified atom stereocenters. The van der Waals surface area contributed by atoms with Crippen LogP contribution in [0.1, 0.15) is 223 Å². The Balaban J connectivity index is 0.00000129. The van der Waals surface area contributed by atoms with E-state index < -0.39 is 46.2 Å². The molecule has 0 saturated carbocycles. The number of carbonyl (C=O) groups excluding carboxylic acids is 2. The van der Waals surface area contributed by atoms with Crippen LogP contribution in [0.3, 0.4) is 0 Å². The SMILES string of the molecule is CC.CC.CC(C)N[C@H](Cc1ccc(O)cc1)C(=O)C(C)C.CC(C)N[C@H](Cc1ccc(OP(=O)([O-])OC2C[C@H](C)O[C@@H]2COC(C)C)cc1)C(=O)C(C)C.CC(C)OC1C[C@H](C)O[C@@H]1CO.CC(C)OC[C@H]1O[C@@H](C)CC1OP(=O)([O-])OC[C@H]1O[C@@H](C)CC1OC(C)C.CCC. The second kappa shape index (κ2) is 49.7. The topological polar surface area (TPSA) is 290 Å². The number of phosphoric ester groups is 2. The minimum Gasteiger partial charge on any atom is -0.756 e. The highest BCUT2D eigenvalue weighted by Crippen LogP contribution is 2.46. The van der Waals surface area contributed by atoms with Crippen LogP contribution in [-0.4, -0.2) is 170 Å². The maximum absolute atomic E-state index is 12.5. The van der Waals surface area contributed by atoms with Crippen molar-refractivity contribution >= 4 is 27.2 Å². The summed E-state index contributed by atoms with van der Waals surface area (Å²) >= 11 is 0. The third-order valence-corrected chi connectivity index (χ3v) is 16.5. The van der Waals surface area contributed by atoms with Gasteiger partial charge in [0.1, 0.15) is 35.9 Å². The number of hydrogen-bond acceptors (Lipinski definition) is 22. The van der Waals surface area contributed by atoms with Crippen molar-refractivity contribution < 1.29 is 94.7 Å². The van der Waals surface area contributed by atoms with Crippen LogP contribution in [-0.2, 0) is 83.0 Å². The fraction of sp³-hybridized carbons (Fsp3) is 0.808. The lowest BCUT2D eigenvalue weighted by Gasteiger charge is -2.30. The summed E-state index contributed by atoms with van der Waals surface area (Å²) in [4.78, 5) is 49.5. The molecule has 0 aromatic heterocycles. The molecule has 0 bridgehead atoms. The average molecular weight is 1420 g/mol. The van der Waals surface area contributed by atoms with E-state index in [2.05, 4.69) is 24.5 Å². The lowest BCUT2D eigenvalue weighted by molar-refractivity contribution is -0.234. The molecule has 24 heteroatoms. The summed E-state index contributed by atoms with van der Waals surface area (Å²) in [6.07, 6.45) is 2.31. The number of aromatic hydroxyl groups is 1. The minimum absolute atomic E-state index is 0.00375. The Hall–Kier alpha value is -2.80. The fourth-order valence-corrected chi connectivity index (χ4v) is 12.5. The summed E-state index contributed by atoms with van der Waals surface area (Å²) in [6.45, 7) is 51.6. The van der Waals surface area contributed by atoms with Crippen molar-refractivity contribution in [2.45, 2.75) is 347 Å². The molecule has 568 valence electrons. The van der Waals surface area contributed by atoms with Gasteiger partial charge in [0.05, 0.1) is 112 Å². The van der Waals surface area contributed by atoms with Crippen molar-refractivity contribution in [2.75, 3.05) is 26.4 Å². The molecule has 0 spiro atoms. The van der Waals surface area contributed by atoms with Crippen molar-refractivity contribution in [3.8, 4) is 11.5 Å². The van der Waals surface area contributed by atoms with Gasteiger partial charge >= 0.3 is 7.82 Å². The molecule has 4 N–H and O–H groups in total. The van der Waals surface area contributed by atoms with Crippen LogP contribution >= 0.6 is 15.6 Å². The number of benzene rings is 2. The Kier molecular flexibility index (Phi) is 48.3. The Morgan fingerprint density at radius 1 is 0.505 bits per heavy atom. The van der Waals surface area contributed by atoms with Crippen LogP contribution in [0.25, 0.3) is 0 Å². The third kappa shape index (κ3) is 40.6. The zero-order chi connectivity index (χ0) is 74.5. The van der Waals surface area contributed by atoms with Crippen molar-refractivity contribution in [1.82, 2.24) is 10.6 Å². The van der Waals surface area contributed by atoms with E-state index in [9.17, 15) is 33.6 Å². The lowest BCUT2D eigenvalue weighted by Crippen LogP contribution is -2.44. The highest BCUT2D eigenvalue weighted by Gasteiger charge is 2.40. The Labute approximate surface area is 586 Å². The van der Waals surface area contributed by atoms with Crippen LogP contribution in [0.15, 0.2) is 48.5 Å². The number of ketones is 2. The van der Waals surface area contributed by atoms with E-state index in [0.717, 1.165) is 17.5 Å². The van der Waals surface area contributed by atoms with Crippen molar-refractivity contribution in [1.29, 1.82) is 0 Å². The Morgan fingerprint density at radius 2 is 0.825 bits per heavy atom. The van der Waals surface area contributed by atoms with Crippen LogP contribution in [0, 0.1) is 11.8 Å². The van der Waals surface area contributed by atoms with Gasteiger partial charge in [-0.2, -0.15) is 0 Å². The van der Waals surface area contributed by atoms with E-state index in [1.807, 2.05) is 178 Å². The average Bonchev–Trinajstić information content (AvgIpc) is 1.77. The second-order valence-electron chi connectivity index (χ2n) is 27.1. The molecule has 0 amide bonds. The van der Waals surface area contributed by atoms with Gasteiger partial charge < -0.3 is 86.6 Å². The third-order valence-electron chi connectivity index (χ3n) is 14.6. The van der Waals surface area contributed by atoms with Gasteiger partial charge in [0.15, 0.2) is 11.6 Å². The first-order chi connectivity index (χ1) is 45.4. The number of aliphatic hydroxyl groups excluding tert-OH is 1. The number of phenolic OH excluding ortho intramolecular Hbond substituents is 1. The summed E-state index contributed by atoms with van der Waals surface area (Å²) in [6, 6.07) is 13.7. The number of carbonyl (C=O) groups is 2. The fourth-order valence-electron chi connectivity index (χ4n) is 10.6. The maximum Gasteiger partial charge on any atom is 0.320 e. The standard InChI is InChI=1S/C24H40NO7P.C18H35O8P.C15H23NO2.C9H18O3.C3H8.2C2H6/c1-15(2)24(26)21(25-16(3)4)13-19-8-10-20(11-9-19)31-33(27,28)32-22-12-18(7)30-23(22)14-29-17(5)6;1-11(2)21-9-17-16(8-14(6)24-17)26-27(19,20)22-10-18-15(23-12(3)4)7-13(5)25-18;1-10(2)15(18)14(16-11(3)4)9-12-5-7-13(17)8-6-12;1-6(2)11-8-4-7(3)12-9(8)5-10;1-3-2;2*1-2/h8-11,15-18,21-23,25H,12-14H2,1-7H3,(H,27,28);11-18H,7-10H2,1-6H3,(H,19,20);5-8,10-11,14,16-17H,9H2,1-4H3;6-10H,4-5H2,1-3H3;3H2,1-2H3;2*1-2H3/p-2/t18-,21+,22?,23+;13-,14-,15?,16?,17+,18+;14-;7-,8?,9+;;;/m0010.../s1. The molecule has 2 aromatic rings. The molecule has 4 saturated heterocycles. The normalized spacial score (nSPS) is 25.5. The van der Waals surface area contributed by atoms with Gasteiger partial charge in [-0.05, 0) is 131 Å². The zero-order valence-corrected chi connectivity index (χ0v) is 66.0. The summed E-state index contributed by atoms with van der Waals surface area (Å²) < 4.78 is 90.9. The van der Waals surface area contributed by atoms with E-state index >= 15 is 0 Å². The molecular formula is C73H134N2O20P2-2. The number of Topliss-reactive ketones (excluding diaryl/α,β-unsaturated/α-hetero) is 2. The predicted molar refractivity (Wildman–Crippen MR) is 381 cm³/mol. The van der Waals surface area contributed by atoms with Crippen LogP contribution < -0.4 is 24.9 Å². The molecule has 97 heavy (non-hydrogen) atoms. The van der Waals surface area contributed by atoms with E-state index in [0.29, 0.717) is 32.1 Å². The van der Waals surface area contributed by atoms with Crippen LogP contribution in [0.4, 0.5) is 0 Å². The first kappa shape index (κ1) is 94.2. The number of ether oxygens (including phenoxy) is 8. The van der Waals surface area contributed by atoms with Gasteiger partial charge in [0, 0.05) is 49.6 Å². The first-order valence-electron chi connectivity index (χ1n) is 35.9. The number of hydrogen-bond donors (Lipinski definition) is 4. The molecule has 4 heterocycles. The van der Waals surface area contributed by atoms with Gasteiger partial charge in [-0.15, -0.1) is 0 Å². The smallest absolute Gasteiger partial charge is 0.320 e.